The van der Waals surface area contributed by atoms with E-state index in [1.807, 2.05) is 0 Å². The Morgan fingerprint density at radius 1 is 1.75 bits per heavy atom. The van der Waals surface area contributed by atoms with Crippen LogP contribution in [0.25, 0.3) is 0 Å². The van der Waals surface area contributed by atoms with Crippen LogP contribution in [0.4, 0.5) is 0 Å². The van der Waals surface area contributed by atoms with Gasteiger partial charge in [-0.2, -0.15) is 0 Å². The third kappa shape index (κ3) is 1.95. The zero-order valence-electron chi connectivity index (χ0n) is 6.56. The van der Waals surface area contributed by atoms with Gasteiger partial charge < -0.3 is 5.43 Å². The lowest BCUT2D eigenvalue weighted by molar-refractivity contribution is 0.509. The second-order valence-corrected chi connectivity index (χ2v) is 4.23. The number of sulfonamides is 1. The summed E-state index contributed by atoms with van der Waals surface area (Å²) in [5, 5.41) is 0. The SMILES string of the molecule is CS(=O)(=O)N1C=CC(NN)=NC1. The molecule has 1 aliphatic rings. The molecule has 6 nitrogen and oxygen atoms in total. The van der Waals surface area contributed by atoms with Crippen LogP contribution in [0.5, 0.6) is 0 Å². The van der Waals surface area contributed by atoms with E-state index in [4.69, 9.17) is 5.84 Å². The van der Waals surface area contributed by atoms with Gasteiger partial charge in [0, 0.05) is 6.20 Å². The average Bonchev–Trinajstić information content (AvgIpc) is 2.03. The van der Waals surface area contributed by atoms with Crippen molar-refractivity contribution in [3.63, 3.8) is 0 Å². The molecule has 0 radical (unpaired) electrons. The van der Waals surface area contributed by atoms with Gasteiger partial charge in [-0.25, -0.2) is 19.3 Å². The Morgan fingerprint density at radius 2 is 2.42 bits per heavy atom. The number of hydrogen-bond donors (Lipinski definition) is 2. The first-order valence-electron chi connectivity index (χ1n) is 3.20. The maximum atomic E-state index is 10.9. The fourth-order valence-corrected chi connectivity index (χ4v) is 1.26. The van der Waals surface area contributed by atoms with Crippen molar-refractivity contribution in [1.82, 2.24) is 9.73 Å². The number of amidine groups is 1. The highest BCUT2D eigenvalue weighted by atomic mass is 32.2. The summed E-state index contributed by atoms with van der Waals surface area (Å²) in [4.78, 5) is 3.84. The molecule has 0 aromatic heterocycles. The normalized spacial score (nSPS) is 17.5. The van der Waals surface area contributed by atoms with E-state index < -0.39 is 10.0 Å². The van der Waals surface area contributed by atoms with E-state index in [0.29, 0.717) is 5.84 Å². The maximum Gasteiger partial charge on any atom is 0.233 e. The lowest BCUT2D eigenvalue weighted by Crippen LogP contribution is -2.35. The van der Waals surface area contributed by atoms with Gasteiger partial charge in [-0.3, -0.25) is 4.31 Å². The van der Waals surface area contributed by atoms with E-state index in [-0.39, 0.29) is 6.67 Å². The molecule has 0 unspecified atom stereocenters. The van der Waals surface area contributed by atoms with Crippen LogP contribution in [-0.2, 0) is 10.0 Å². The summed E-state index contributed by atoms with van der Waals surface area (Å²) in [6.07, 6.45) is 4.02. The molecule has 0 aliphatic carbocycles. The molecule has 7 heteroatoms. The summed E-state index contributed by atoms with van der Waals surface area (Å²) in [6, 6.07) is 0. The molecule has 0 bridgehead atoms. The lowest BCUT2D eigenvalue weighted by Gasteiger charge is -2.18. The minimum Gasteiger partial charge on any atom is -0.309 e. The predicted molar refractivity (Wildman–Crippen MR) is 45.4 cm³/mol. The summed E-state index contributed by atoms with van der Waals surface area (Å²) in [6.45, 7) is 0.0782. The number of hydrazine groups is 1. The summed E-state index contributed by atoms with van der Waals surface area (Å²) in [7, 11) is -3.19. The average molecular weight is 190 g/mol. The Bertz CT molecular complexity index is 318. The molecule has 0 atom stereocenters. The molecule has 1 heterocycles. The largest absolute Gasteiger partial charge is 0.309 e. The van der Waals surface area contributed by atoms with Gasteiger partial charge in [-0.15, -0.1) is 0 Å². The van der Waals surface area contributed by atoms with Crippen molar-refractivity contribution in [2.24, 2.45) is 10.8 Å². The van der Waals surface area contributed by atoms with Crippen molar-refractivity contribution in [2.75, 3.05) is 12.9 Å². The minimum absolute atomic E-state index is 0.0782. The van der Waals surface area contributed by atoms with Gasteiger partial charge in [0.2, 0.25) is 10.0 Å². The van der Waals surface area contributed by atoms with Crippen LogP contribution in [-0.4, -0.2) is 31.5 Å². The van der Waals surface area contributed by atoms with Crippen LogP contribution in [0.1, 0.15) is 0 Å². The highest BCUT2D eigenvalue weighted by molar-refractivity contribution is 7.88. The molecule has 0 amide bonds. The molecule has 0 aromatic rings. The first-order chi connectivity index (χ1) is 5.54. The number of aliphatic imine (C=N–C) groups is 1. The maximum absolute atomic E-state index is 10.9. The Morgan fingerprint density at radius 3 is 2.75 bits per heavy atom. The molecule has 3 N–H and O–H groups in total. The molecule has 0 saturated heterocycles. The first-order valence-corrected chi connectivity index (χ1v) is 5.05. The van der Waals surface area contributed by atoms with E-state index in [1.165, 1.54) is 12.3 Å². The van der Waals surface area contributed by atoms with Crippen LogP contribution in [0, 0.1) is 0 Å². The van der Waals surface area contributed by atoms with Gasteiger partial charge in [0.05, 0.1) is 6.26 Å². The van der Waals surface area contributed by atoms with Crippen molar-refractivity contribution in [3.05, 3.63) is 12.3 Å². The van der Waals surface area contributed by atoms with Gasteiger partial charge in [0.1, 0.15) is 12.5 Å². The number of nitrogens with zero attached hydrogens (tertiary/aromatic N) is 2. The Labute approximate surface area is 70.8 Å². The smallest absolute Gasteiger partial charge is 0.233 e. The Balaban J connectivity index is 2.73. The van der Waals surface area contributed by atoms with Gasteiger partial charge in [0.25, 0.3) is 0 Å². The molecule has 0 aromatic carbocycles. The summed E-state index contributed by atoms with van der Waals surface area (Å²) >= 11 is 0. The zero-order valence-corrected chi connectivity index (χ0v) is 7.37. The Kier molecular flexibility index (Phi) is 2.34. The molecular formula is C5H10N4O2S. The topological polar surface area (TPSA) is 87.8 Å². The van der Waals surface area contributed by atoms with Crippen LogP contribution < -0.4 is 11.3 Å². The molecule has 0 fully saturated rings. The van der Waals surface area contributed by atoms with Gasteiger partial charge in [-0.1, -0.05) is 0 Å². The zero-order chi connectivity index (χ0) is 9.19. The fraction of sp³-hybridized carbons (Fsp3) is 0.400. The van der Waals surface area contributed by atoms with Crippen molar-refractivity contribution < 1.29 is 8.42 Å². The monoisotopic (exact) mass is 190 g/mol. The van der Waals surface area contributed by atoms with Crippen LogP contribution in [0.15, 0.2) is 17.3 Å². The molecule has 1 rings (SSSR count). The van der Waals surface area contributed by atoms with Crippen molar-refractivity contribution in [1.29, 1.82) is 0 Å². The number of nitrogens with one attached hydrogen (secondary N) is 1. The quantitative estimate of drug-likeness (QED) is 0.393. The van der Waals surface area contributed by atoms with E-state index in [0.717, 1.165) is 10.6 Å². The number of rotatable bonds is 1. The van der Waals surface area contributed by atoms with Crippen molar-refractivity contribution in [2.45, 2.75) is 0 Å². The fourth-order valence-electron chi connectivity index (χ4n) is 0.709. The van der Waals surface area contributed by atoms with E-state index in [1.54, 1.807) is 0 Å². The van der Waals surface area contributed by atoms with E-state index in [9.17, 15) is 8.42 Å². The van der Waals surface area contributed by atoms with E-state index >= 15 is 0 Å². The third-order valence-electron chi connectivity index (χ3n) is 1.35. The second-order valence-electron chi connectivity index (χ2n) is 2.29. The van der Waals surface area contributed by atoms with Gasteiger partial charge in [0.15, 0.2) is 0 Å². The summed E-state index contributed by atoms with van der Waals surface area (Å²) in [5.74, 6) is 5.53. The molecular weight excluding hydrogens is 180 g/mol. The molecule has 12 heavy (non-hydrogen) atoms. The summed E-state index contributed by atoms with van der Waals surface area (Å²) < 4.78 is 23.0. The number of hydrogen-bond acceptors (Lipinski definition) is 5. The number of nitrogens with two attached hydrogens (primary N) is 1. The predicted octanol–water partition coefficient (Wildman–Crippen LogP) is -1.41. The molecule has 0 spiro atoms. The van der Waals surface area contributed by atoms with E-state index in [2.05, 4.69) is 10.4 Å². The van der Waals surface area contributed by atoms with Crippen molar-refractivity contribution >= 4 is 15.9 Å². The first kappa shape index (κ1) is 9.01. The van der Waals surface area contributed by atoms with Crippen LogP contribution in [0.2, 0.25) is 0 Å². The van der Waals surface area contributed by atoms with Crippen LogP contribution >= 0.6 is 0 Å². The van der Waals surface area contributed by atoms with Gasteiger partial charge in [-0.05, 0) is 6.08 Å². The lowest BCUT2D eigenvalue weighted by atomic mass is 10.5. The molecule has 0 saturated carbocycles. The molecule has 68 valence electrons. The van der Waals surface area contributed by atoms with Crippen LogP contribution in [0.3, 0.4) is 0 Å². The van der Waals surface area contributed by atoms with Crippen molar-refractivity contribution in [3.8, 4) is 0 Å². The van der Waals surface area contributed by atoms with Gasteiger partial charge >= 0.3 is 0 Å². The third-order valence-corrected chi connectivity index (χ3v) is 2.44. The second kappa shape index (κ2) is 3.11. The molecule has 1 aliphatic heterocycles. The Hall–Kier alpha value is -1.08. The minimum atomic E-state index is -3.19. The highest BCUT2D eigenvalue weighted by Gasteiger charge is 2.13. The highest BCUT2D eigenvalue weighted by Crippen LogP contribution is 2.03. The standard InChI is InChI=1S/C5H10N4O2S/c1-12(10,11)9-3-2-5(8-6)7-4-9/h2-3H,4,6H2,1H3,(H,7,8). The summed E-state index contributed by atoms with van der Waals surface area (Å²) in [5.41, 5.74) is 2.32.